The Bertz CT molecular complexity index is 523. The predicted molar refractivity (Wildman–Crippen MR) is 67.3 cm³/mol. The van der Waals surface area contributed by atoms with Crippen molar-refractivity contribution in [3.05, 3.63) is 29.8 Å². The molecule has 0 unspecified atom stereocenters. The molecule has 0 bridgehead atoms. The maximum absolute atomic E-state index is 12.3. The molecule has 92 valence electrons. The van der Waals surface area contributed by atoms with Crippen LogP contribution < -0.4 is 5.32 Å². The maximum Gasteiger partial charge on any atom is 0.218 e. The van der Waals surface area contributed by atoms with E-state index in [0.29, 0.717) is 13.1 Å². The average Bonchev–Trinajstić information content (AvgIpc) is 3.07. The molecule has 1 aromatic rings. The van der Waals surface area contributed by atoms with E-state index >= 15 is 0 Å². The van der Waals surface area contributed by atoms with Crippen LogP contribution >= 0.6 is 0 Å². The summed E-state index contributed by atoms with van der Waals surface area (Å²) in [6, 6.07) is 7.90. The molecule has 1 heterocycles. The van der Waals surface area contributed by atoms with Gasteiger partial charge >= 0.3 is 0 Å². The van der Waals surface area contributed by atoms with Crippen molar-refractivity contribution < 1.29 is 8.42 Å². The number of para-hydroxylation sites is 1. The van der Waals surface area contributed by atoms with Gasteiger partial charge in [0.1, 0.15) is 0 Å². The van der Waals surface area contributed by atoms with Crippen LogP contribution in [0.5, 0.6) is 0 Å². The second-order valence-corrected chi connectivity index (χ2v) is 6.60. The molecule has 0 radical (unpaired) electrons. The van der Waals surface area contributed by atoms with Crippen molar-refractivity contribution in [3.63, 3.8) is 0 Å². The van der Waals surface area contributed by atoms with Crippen LogP contribution in [0.25, 0.3) is 0 Å². The lowest BCUT2D eigenvalue weighted by Gasteiger charge is -2.26. The zero-order valence-corrected chi connectivity index (χ0v) is 10.4. The topological polar surface area (TPSA) is 49.4 Å². The molecule has 2 aliphatic rings. The van der Waals surface area contributed by atoms with E-state index in [0.717, 1.165) is 24.1 Å². The molecule has 0 atom stereocenters. The molecule has 5 heteroatoms. The van der Waals surface area contributed by atoms with E-state index in [9.17, 15) is 8.42 Å². The minimum atomic E-state index is -3.14. The molecule has 0 amide bonds. The van der Waals surface area contributed by atoms with E-state index in [1.165, 1.54) is 0 Å². The van der Waals surface area contributed by atoms with Crippen LogP contribution in [0.1, 0.15) is 18.4 Å². The van der Waals surface area contributed by atoms with Crippen molar-refractivity contribution in [2.75, 3.05) is 18.4 Å². The van der Waals surface area contributed by atoms with E-state index in [2.05, 4.69) is 5.32 Å². The zero-order valence-electron chi connectivity index (χ0n) is 9.59. The van der Waals surface area contributed by atoms with Gasteiger partial charge in [-0.25, -0.2) is 8.42 Å². The number of hydrogen-bond donors (Lipinski definition) is 1. The highest BCUT2D eigenvalue weighted by Gasteiger charge is 2.37. The summed E-state index contributed by atoms with van der Waals surface area (Å²) in [6.45, 7) is 1.27. The van der Waals surface area contributed by atoms with Gasteiger partial charge in [0.05, 0.1) is 5.75 Å². The standard InChI is InChI=1S/C12H16N2O2S/c15-17(16)9-10-3-1-2-4-12(10)13-7-8-14(17)11-5-6-11/h1-4,11,13H,5-9H2. The summed E-state index contributed by atoms with van der Waals surface area (Å²) in [5.41, 5.74) is 1.82. The van der Waals surface area contributed by atoms with Crippen molar-refractivity contribution in [1.29, 1.82) is 0 Å². The molecule has 17 heavy (non-hydrogen) atoms. The number of benzene rings is 1. The highest BCUT2D eigenvalue weighted by Crippen LogP contribution is 2.32. The van der Waals surface area contributed by atoms with Crippen LogP contribution in [0.3, 0.4) is 0 Å². The third-order valence-electron chi connectivity index (χ3n) is 3.31. The van der Waals surface area contributed by atoms with Gasteiger partial charge in [-0.1, -0.05) is 18.2 Å². The molecule has 1 aliphatic carbocycles. The van der Waals surface area contributed by atoms with Gasteiger partial charge in [-0.05, 0) is 24.5 Å². The molecule has 0 aromatic heterocycles. The molecule has 0 spiro atoms. The number of nitrogens with zero attached hydrogens (tertiary/aromatic N) is 1. The number of nitrogens with one attached hydrogen (secondary N) is 1. The molecule has 1 fully saturated rings. The minimum Gasteiger partial charge on any atom is -0.383 e. The predicted octanol–water partition coefficient (Wildman–Crippen LogP) is 1.41. The largest absolute Gasteiger partial charge is 0.383 e. The Kier molecular flexibility index (Phi) is 2.60. The SMILES string of the molecule is O=S1(=O)Cc2ccccc2NCCN1C1CC1. The lowest BCUT2D eigenvalue weighted by atomic mass is 10.2. The Hall–Kier alpha value is -1.07. The molecule has 0 saturated heterocycles. The fourth-order valence-corrected chi connectivity index (χ4v) is 4.16. The first kappa shape index (κ1) is 11.0. The first-order valence-corrected chi connectivity index (χ1v) is 7.59. The number of hydrogen-bond acceptors (Lipinski definition) is 3. The van der Waals surface area contributed by atoms with Gasteiger partial charge in [-0.15, -0.1) is 0 Å². The number of rotatable bonds is 1. The molecular weight excluding hydrogens is 236 g/mol. The highest BCUT2D eigenvalue weighted by atomic mass is 32.2. The van der Waals surface area contributed by atoms with Crippen LogP contribution in [-0.4, -0.2) is 31.9 Å². The highest BCUT2D eigenvalue weighted by molar-refractivity contribution is 7.88. The zero-order chi connectivity index (χ0) is 11.9. The smallest absolute Gasteiger partial charge is 0.218 e. The van der Waals surface area contributed by atoms with Gasteiger partial charge in [0.15, 0.2) is 0 Å². The lowest BCUT2D eigenvalue weighted by molar-refractivity contribution is 0.413. The van der Waals surface area contributed by atoms with Gasteiger partial charge < -0.3 is 5.32 Å². The normalized spacial score (nSPS) is 24.2. The summed E-state index contributed by atoms with van der Waals surface area (Å²) in [5.74, 6) is 0.118. The first-order chi connectivity index (χ1) is 8.17. The quantitative estimate of drug-likeness (QED) is 0.822. The Morgan fingerprint density at radius 2 is 2.00 bits per heavy atom. The van der Waals surface area contributed by atoms with Crippen molar-refractivity contribution >= 4 is 15.7 Å². The van der Waals surface area contributed by atoms with Crippen molar-refractivity contribution in [3.8, 4) is 0 Å². The first-order valence-electron chi connectivity index (χ1n) is 5.98. The third kappa shape index (κ3) is 2.17. The number of sulfonamides is 1. The Balaban J connectivity index is 1.96. The Morgan fingerprint density at radius 1 is 1.24 bits per heavy atom. The second-order valence-electron chi connectivity index (χ2n) is 4.68. The van der Waals surface area contributed by atoms with Gasteiger partial charge in [-0.3, -0.25) is 0 Å². The maximum atomic E-state index is 12.3. The van der Waals surface area contributed by atoms with Gasteiger partial charge in [0.25, 0.3) is 0 Å². The molecular formula is C12H16N2O2S. The van der Waals surface area contributed by atoms with Crippen LogP contribution in [-0.2, 0) is 15.8 Å². The third-order valence-corrected chi connectivity index (χ3v) is 5.19. The molecule has 1 aliphatic heterocycles. The van der Waals surface area contributed by atoms with Gasteiger partial charge in [-0.2, -0.15) is 4.31 Å². The average molecular weight is 252 g/mol. The Labute approximate surface area is 102 Å². The number of anilines is 1. The Morgan fingerprint density at radius 3 is 2.76 bits per heavy atom. The fourth-order valence-electron chi connectivity index (χ4n) is 2.31. The molecule has 4 nitrogen and oxygen atoms in total. The van der Waals surface area contributed by atoms with Crippen LogP contribution in [0, 0.1) is 0 Å². The minimum absolute atomic E-state index is 0.118. The summed E-state index contributed by atoms with van der Waals surface area (Å²) in [7, 11) is -3.14. The summed E-state index contributed by atoms with van der Waals surface area (Å²) in [5, 5.41) is 3.31. The van der Waals surface area contributed by atoms with Crippen molar-refractivity contribution in [1.82, 2.24) is 4.31 Å². The number of fused-ring (bicyclic) bond motifs is 1. The van der Waals surface area contributed by atoms with E-state index in [4.69, 9.17) is 0 Å². The van der Waals surface area contributed by atoms with Crippen molar-refractivity contribution in [2.45, 2.75) is 24.6 Å². The van der Waals surface area contributed by atoms with Crippen LogP contribution in [0.15, 0.2) is 24.3 Å². The van der Waals surface area contributed by atoms with Crippen molar-refractivity contribution in [2.24, 2.45) is 0 Å². The van der Waals surface area contributed by atoms with Crippen LogP contribution in [0.4, 0.5) is 5.69 Å². The molecule has 1 aromatic carbocycles. The van der Waals surface area contributed by atoms with Gasteiger partial charge in [0, 0.05) is 24.8 Å². The molecule has 1 N–H and O–H groups in total. The molecule has 3 rings (SSSR count). The fraction of sp³-hybridized carbons (Fsp3) is 0.500. The summed E-state index contributed by atoms with van der Waals surface area (Å²) in [4.78, 5) is 0. The van der Waals surface area contributed by atoms with E-state index in [1.807, 2.05) is 24.3 Å². The summed E-state index contributed by atoms with van der Waals surface area (Å²) < 4.78 is 26.3. The molecule has 1 saturated carbocycles. The summed E-state index contributed by atoms with van der Waals surface area (Å²) >= 11 is 0. The van der Waals surface area contributed by atoms with E-state index in [-0.39, 0.29) is 11.8 Å². The van der Waals surface area contributed by atoms with E-state index < -0.39 is 10.0 Å². The van der Waals surface area contributed by atoms with Gasteiger partial charge in [0.2, 0.25) is 10.0 Å². The monoisotopic (exact) mass is 252 g/mol. The lowest BCUT2D eigenvalue weighted by Crippen LogP contribution is -2.39. The second kappa shape index (κ2) is 3.99. The van der Waals surface area contributed by atoms with Crippen LogP contribution in [0.2, 0.25) is 0 Å². The summed E-state index contributed by atoms with van der Waals surface area (Å²) in [6.07, 6.45) is 2.03. The van der Waals surface area contributed by atoms with E-state index in [1.54, 1.807) is 4.31 Å².